The second kappa shape index (κ2) is 8.36. The predicted molar refractivity (Wildman–Crippen MR) is 113 cm³/mol. The highest BCUT2D eigenvalue weighted by Gasteiger charge is 2.71. The molecule has 2 heterocycles. The summed E-state index contributed by atoms with van der Waals surface area (Å²) >= 11 is 4.86. The molecule has 158 valence electrons. The summed E-state index contributed by atoms with van der Waals surface area (Å²) in [5.74, 6) is -0.386. The molecule has 0 aliphatic carbocycles. The number of hydrogen-bond donors (Lipinski definition) is 3. The van der Waals surface area contributed by atoms with E-state index in [2.05, 4.69) is 17.7 Å². The van der Waals surface area contributed by atoms with Gasteiger partial charge < -0.3 is 4.74 Å². The molecule has 2 fully saturated rings. The Balaban J connectivity index is 1.89. The first-order valence-corrected chi connectivity index (χ1v) is 10.6. The van der Waals surface area contributed by atoms with Crippen LogP contribution in [0.25, 0.3) is 0 Å². The molecule has 29 heavy (non-hydrogen) atoms. The van der Waals surface area contributed by atoms with Crippen LogP contribution >= 0.6 is 12.6 Å². The summed E-state index contributed by atoms with van der Waals surface area (Å²) in [6.07, 6.45) is 4.06. The fourth-order valence-electron chi connectivity index (χ4n) is 4.10. The quantitative estimate of drug-likeness (QED) is 0.273. The molecular formula is C21H29N3O4S. The molecule has 4 atom stereocenters. The zero-order valence-corrected chi connectivity index (χ0v) is 18.0. The molecule has 0 saturated carbocycles. The number of cyclic esters (lactones) is 1. The summed E-state index contributed by atoms with van der Waals surface area (Å²) in [6.45, 7) is 6.36. The monoisotopic (exact) mass is 419 g/mol. The number of unbranched alkanes of at least 4 members (excludes halogenated alkanes) is 2. The summed E-state index contributed by atoms with van der Waals surface area (Å²) < 4.78 is 5.33. The number of thiol groups is 1. The van der Waals surface area contributed by atoms with Crippen LogP contribution in [-0.2, 0) is 4.74 Å². The number of hydrogen-bond acceptors (Lipinski definition) is 6. The number of carbonyl (C=O) groups excluding carboxylic acids is 3. The number of nitrogens with zero attached hydrogens (tertiary/aromatic N) is 1. The molecule has 2 N–H and O–H groups in total. The van der Waals surface area contributed by atoms with Crippen molar-refractivity contribution in [3.05, 3.63) is 35.4 Å². The van der Waals surface area contributed by atoms with E-state index in [0.717, 1.165) is 25.7 Å². The summed E-state index contributed by atoms with van der Waals surface area (Å²) in [6, 6.07) is 6.53. The van der Waals surface area contributed by atoms with Crippen LogP contribution in [0.2, 0.25) is 0 Å². The minimum atomic E-state index is -0.834. The van der Waals surface area contributed by atoms with Crippen molar-refractivity contribution in [1.29, 1.82) is 0 Å². The first kappa shape index (κ1) is 21.6. The number of alkyl carbamates (subject to hydrolysis) is 1. The van der Waals surface area contributed by atoms with Gasteiger partial charge in [0, 0.05) is 11.0 Å². The average molecular weight is 420 g/mol. The molecule has 2 aliphatic heterocycles. The second-order valence-corrected chi connectivity index (χ2v) is 8.96. The lowest BCUT2D eigenvalue weighted by molar-refractivity contribution is 0.0850. The number of amides is 2. The van der Waals surface area contributed by atoms with Gasteiger partial charge in [0.1, 0.15) is 5.66 Å². The van der Waals surface area contributed by atoms with Crippen LogP contribution in [0.15, 0.2) is 24.3 Å². The maximum atomic E-state index is 12.9. The molecule has 0 aromatic heterocycles. The van der Waals surface area contributed by atoms with Crippen molar-refractivity contribution in [2.45, 2.75) is 63.4 Å². The average Bonchev–Trinajstić information content (AvgIpc) is 3.32. The number of ether oxygens (including phenoxy) is 1. The first-order chi connectivity index (χ1) is 13.8. The van der Waals surface area contributed by atoms with Gasteiger partial charge in [-0.25, -0.2) is 4.79 Å². The highest BCUT2D eigenvalue weighted by atomic mass is 32.1. The third kappa shape index (κ3) is 4.00. The maximum absolute atomic E-state index is 12.9. The largest absolute Gasteiger partial charge is 0.449 e. The summed E-state index contributed by atoms with van der Waals surface area (Å²) in [5, 5.41) is 4.46. The van der Waals surface area contributed by atoms with Gasteiger partial charge in [0.25, 0.3) is 5.91 Å². The number of nitrogens with one attached hydrogen (secondary N) is 2. The normalized spacial score (nSPS) is 30.1. The first-order valence-electron chi connectivity index (χ1n) is 10.1. The Morgan fingerprint density at radius 3 is 2.79 bits per heavy atom. The molecule has 1 aromatic carbocycles. The van der Waals surface area contributed by atoms with E-state index in [1.54, 1.807) is 29.3 Å². The van der Waals surface area contributed by atoms with Gasteiger partial charge in [-0.1, -0.05) is 58.2 Å². The van der Waals surface area contributed by atoms with Crippen molar-refractivity contribution in [3.63, 3.8) is 0 Å². The van der Waals surface area contributed by atoms with Crippen LogP contribution in [-0.4, -0.2) is 46.9 Å². The van der Waals surface area contributed by atoms with Gasteiger partial charge in [-0.15, -0.1) is 0 Å². The van der Waals surface area contributed by atoms with Crippen LogP contribution in [0.4, 0.5) is 4.79 Å². The molecule has 1 unspecified atom stereocenters. The highest BCUT2D eigenvalue weighted by Crippen LogP contribution is 2.51. The Hall–Kier alpha value is -2.06. The fraction of sp³-hybridized carbons (Fsp3) is 0.571. The Bertz CT molecular complexity index is 800. The molecule has 2 amide bonds. The SMILES string of the molecule is CCCCC[C@H]1N(NC(=O)c2ccccc2C=O)[C@]12NC(=O)OCC(C)(C)[C@@H]2S. The van der Waals surface area contributed by atoms with Crippen molar-refractivity contribution < 1.29 is 19.1 Å². The lowest BCUT2D eigenvalue weighted by atomic mass is 9.84. The van der Waals surface area contributed by atoms with Crippen LogP contribution in [0.5, 0.6) is 0 Å². The fourth-order valence-corrected chi connectivity index (χ4v) is 4.54. The number of carbonyl (C=O) groups is 3. The van der Waals surface area contributed by atoms with Crippen LogP contribution in [0, 0.1) is 5.41 Å². The van der Waals surface area contributed by atoms with E-state index in [0.29, 0.717) is 17.4 Å². The number of aldehydes is 1. The maximum Gasteiger partial charge on any atom is 0.408 e. The van der Waals surface area contributed by atoms with Gasteiger partial charge in [-0.05, 0) is 12.5 Å². The Labute approximate surface area is 176 Å². The summed E-state index contributed by atoms with van der Waals surface area (Å²) in [4.78, 5) is 36.5. The van der Waals surface area contributed by atoms with E-state index in [-0.39, 0.29) is 23.8 Å². The van der Waals surface area contributed by atoms with Crippen molar-refractivity contribution in [2.24, 2.45) is 5.41 Å². The van der Waals surface area contributed by atoms with Gasteiger partial charge in [0.2, 0.25) is 0 Å². The van der Waals surface area contributed by atoms with E-state index in [4.69, 9.17) is 17.4 Å². The second-order valence-electron chi connectivity index (χ2n) is 8.45. The van der Waals surface area contributed by atoms with Crippen LogP contribution in [0.3, 0.4) is 0 Å². The van der Waals surface area contributed by atoms with Gasteiger partial charge in [-0.3, -0.25) is 20.3 Å². The smallest absolute Gasteiger partial charge is 0.408 e. The lowest BCUT2D eigenvalue weighted by Crippen LogP contribution is -2.53. The molecule has 0 radical (unpaired) electrons. The predicted octanol–water partition coefficient (Wildman–Crippen LogP) is 3.17. The van der Waals surface area contributed by atoms with Crippen molar-refractivity contribution in [1.82, 2.24) is 15.8 Å². The molecule has 1 spiro atoms. The van der Waals surface area contributed by atoms with E-state index >= 15 is 0 Å². The van der Waals surface area contributed by atoms with E-state index < -0.39 is 17.2 Å². The lowest BCUT2D eigenvalue weighted by Gasteiger charge is -2.33. The highest BCUT2D eigenvalue weighted by molar-refractivity contribution is 7.81. The van der Waals surface area contributed by atoms with Crippen molar-refractivity contribution >= 4 is 30.9 Å². The third-order valence-electron chi connectivity index (χ3n) is 5.82. The molecule has 0 bridgehead atoms. The number of rotatable bonds is 7. The Morgan fingerprint density at radius 1 is 1.38 bits per heavy atom. The number of hydrazine groups is 1. The number of benzene rings is 1. The van der Waals surface area contributed by atoms with E-state index in [9.17, 15) is 14.4 Å². The zero-order valence-electron chi connectivity index (χ0n) is 17.1. The van der Waals surface area contributed by atoms with Gasteiger partial charge in [0.05, 0.1) is 23.5 Å². The molecule has 2 aliphatic rings. The Morgan fingerprint density at radius 2 is 2.10 bits per heavy atom. The molecule has 3 rings (SSSR count). The zero-order chi connectivity index (χ0) is 21.2. The molecule has 7 nitrogen and oxygen atoms in total. The van der Waals surface area contributed by atoms with Crippen molar-refractivity contribution in [2.75, 3.05) is 6.61 Å². The molecule has 2 saturated heterocycles. The van der Waals surface area contributed by atoms with Gasteiger partial charge >= 0.3 is 6.09 Å². The Kier molecular flexibility index (Phi) is 6.24. The minimum absolute atomic E-state index is 0.103. The summed E-state index contributed by atoms with van der Waals surface area (Å²) in [7, 11) is 0. The van der Waals surface area contributed by atoms with E-state index in [1.807, 2.05) is 13.8 Å². The molecule has 8 heteroatoms. The van der Waals surface area contributed by atoms with Crippen molar-refractivity contribution in [3.8, 4) is 0 Å². The molecular weight excluding hydrogens is 390 g/mol. The standard InChI is InChI=1S/C21H29N3O4S/c1-4-5-6-11-16-21(18(29)20(2,3)13-28-19(27)22-21)24(16)23-17(26)15-10-8-7-9-14(15)12-25/h7-10,12,16,18,29H,4-6,11,13H2,1-3H3,(H,22,27)(H,23,26)/t16-,18+,21-,24?/m1/s1. The topological polar surface area (TPSA) is 87.5 Å². The van der Waals surface area contributed by atoms with Gasteiger partial charge in [-0.2, -0.15) is 17.6 Å². The summed E-state index contributed by atoms with van der Waals surface area (Å²) in [5.41, 5.74) is 2.30. The minimum Gasteiger partial charge on any atom is -0.449 e. The van der Waals surface area contributed by atoms with Crippen LogP contribution in [0.1, 0.15) is 67.2 Å². The third-order valence-corrected chi connectivity index (χ3v) is 6.91. The van der Waals surface area contributed by atoms with Crippen LogP contribution < -0.4 is 10.7 Å². The van der Waals surface area contributed by atoms with Gasteiger partial charge in [0.15, 0.2) is 6.29 Å². The molecule has 1 aromatic rings. The van der Waals surface area contributed by atoms with E-state index in [1.165, 1.54) is 0 Å².